The van der Waals surface area contributed by atoms with Gasteiger partial charge < -0.3 is 14.4 Å². The fraction of sp³-hybridized carbons (Fsp3) is 0.500. The van der Waals surface area contributed by atoms with Crippen molar-refractivity contribution in [1.29, 1.82) is 0 Å². The standard InChI is InChI=1S/C14H17F2NO3/c1-14(2,3)20-13(18)17-7-10(8-17)19-9-4-5-11(15)12(16)6-9/h4-6,10H,7-8H2,1-3H3. The minimum Gasteiger partial charge on any atom is -0.487 e. The highest BCUT2D eigenvalue weighted by atomic mass is 19.2. The number of hydrogen-bond donors (Lipinski definition) is 0. The van der Waals surface area contributed by atoms with E-state index in [0.29, 0.717) is 13.1 Å². The monoisotopic (exact) mass is 285 g/mol. The largest absolute Gasteiger partial charge is 0.487 e. The van der Waals surface area contributed by atoms with Crippen LogP contribution < -0.4 is 4.74 Å². The summed E-state index contributed by atoms with van der Waals surface area (Å²) in [5, 5.41) is 0. The molecule has 4 nitrogen and oxygen atoms in total. The minimum atomic E-state index is -0.953. The Morgan fingerprint density at radius 3 is 2.45 bits per heavy atom. The maximum atomic E-state index is 13.0. The molecule has 1 amide bonds. The van der Waals surface area contributed by atoms with Crippen molar-refractivity contribution >= 4 is 6.09 Å². The lowest BCUT2D eigenvalue weighted by molar-refractivity contribution is -0.0222. The molecule has 1 aromatic rings. The number of carbonyl (C=O) groups is 1. The zero-order valence-electron chi connectivity index (χ0n) is 11.7. The van der Waals surface area contributed by atoms with Gasteiger partial charge >= 0.3 is 6.09 Å². The summed E-state index contributed by atoms with van der Waals surface area (Å²) >= 11 is 0. The summed E-state index contributed by atoms with van der Waals surface area (Å²) in [5.74, 6) is -1.62. The minimum absolute atomic E-state index is 0.229. The van der Waals surface area contributed by atoms with E-state index in [0.717, 1.165) is 12.1 Å². The van der Waals surface area contributed by atoms with Crippen molar-refractivity contribution in [3.05, 3.63) is 29.8 Å². The molecule has 0 bridgehead atoms. The molecule has 6 heteroatoms. The number of amides is 1. The Bertz CT molecular complexity index is 508. The van der Waals surface area contributed by atoms with Crippen molar-refractivity contribution in [1.82, 2.24) is 4.90 Å². The summed E-state index contributed by atoms with van der Waals surface area (Å²) in [6.07, 6.45) is -0.630. The number of benzene rings is 1. The van der Waals surface area contributed by atoms with Crippen LogP contribution in [0.4, 0.5) is 13.6 Å². The van der Waals surface area contributed by atoms with Crippen LogP contribution in [-0.4, -0.2) is 35.8 Å². The van der Waals surface area contributed by atoms with Crippen molar-refractivity contribution in [2.45, 2.75) is 32.5 Å². The van der Waals surface area contributed by atoms with Gasteiger partial charge in [0.05, 0.1) is 13.1 Å². The zero-order valence-corrected chi connectivity index (χ0v) is 11.7. The molecule has 0 N–H and O–H groups in total. The maximum Gasteiger partial charge on any atom is 0.410 e. The molecule has 0 aliphatic carbocycles. The van der Waals surface area contributed by atoms with E-state index in [1.165, 1.54) is 11.0 Å². The second-order valence-electron chi connectivity index (χ2n) is 5.70. The Balaban J connectivity index is 1.82. The average Bonchev–Trinajstić information content (AvgIpc) is 2.25. The molecular formula is C14H17F2NO3. The smallest absolute Gasteiger partial charge is 0.410 e. The van der Waals surface area contributed by atoms with Crippen LogP contribution in [0, 0.1) is 11.6 Å². The maximum absolute atomic E-state index is 13.0. The van der Waals surface area contributed by atoms with Crippen LogP contribution in [0.2, 0.25) is 0 Å². The number of likely N-dealkylation sites (tertiary alicyclic amines) is 1. The molecule has 1 fully saturated rings. The van der Waals surface area contributed by atoms with Crippen molar-refractivity contribution in [3.8, 4) is 5.75 Å². The van der Waals surface area contributed by atoms with Gasteiger partial charge in [0.15, 0.2) is 11.6 Å². The summed E-state index contributed by atoms with van der Waals surface area (Å²) in [6, 6.07) is 3.36. The summed E-state index contributed by atoms with van der Waals surface area (Å²) < 4.78 is 36.4. The van der Waals surface area contributed by atoms with Gasteiger partial charge in [0.1, 0.15) is 17.5 Å². The van der Waals surface area contributed by atoms with Gasteiger partial charge in [0, 0.05) is 6.07 Å². The highest BCUT2D eigenvalue weighted by Crippen LogP contribution is 2.22. The number of carbonyl (C=O) groups excluding carboxylic acids is 1. The fourth-order valence-electron chi connectivity index (χ4n) is 1.73. The predicted octanol–water partition coefficient (Wildman–Crippen LogP) is 2.96. The number of rotatable bonds is 2. The van der Waals surface area contributed by atoms with Crippen molar-refractivity contribution in [3.63, 3.8) is 0 Å². The van der Waals surface area contributed by atoms with Gasteiger partial charge in [0.2, 0.25) is 0 Å². The van der Waals surface area contributed by atoms with Gasteiger partial charge in [0.25, 0.3) is 0 Å². The van der Waals surface area contributed by atoms with Crippen LogP contribution in [0.1, 0.15) is 20.8 Å². The number of nitrogens with zero attached hydrogens (tertiary/aromatic N) is 1. The molecular weight excluding hydrogens is 268 g/mol. The van der Waals surface area contributed by atoms with Crippen LogP contribution in [0.15, 0.2) is 18.2 Å². The van der Waals surface area contributed by atoms with E-state index in [4.69, 9.17) is 9.47 Å². The summed E-state index contributed by atoms with van der Waals surface area (Å²) in [6.45, 7) is 6.11. The van der Waals surface area contributed by atoms with Crippen molar-refractivity contribution in [2.75, 3.05) is 13.1 Å². The number of halogens is 2. The summed E-state index contributed by atoms with van der Waals surface area (Å²) in [7, 11) is 0. The quantitative estimate of drug-likeness (QED) is 0.838. The molecule has 20 heavy (non-hydrogen) atoms. The lowest BCUT2D eigenvalue weighted by Crippen LogP contribution is -2.57. The first-order valence-corrected chi connectivity index (χ1v) is 6.34. The van der Waals surface area contributed by atoms with Crippen LogP contribution in [0.5, 0.6) is 5.75 Å². The SMILES string of the molecule is CC(C)(C)OC(=O)N1CC(Oc2ccc(F)c(F)c2)C1. The van der Waals surface area contributed by atoms with Crippen molar-refractivity contribution in [2.24, 2.45) is 0 Å². The molecule has 0 atom stereocenters. The second kappa shape index (κ2) is 5.26. The molecule has 1 heterocycles. The Morgan fingerprint density at radius 2 is 1.90 bits per heavy atom. The van der Waals surface area contributed by atoms with Crippen LogP contribution in [0.3, 0.4) is 0 Å². The molecule has 1 saturated heterocycles. The predicted molar refractivity (Wildman–Crippen MR) is 68.6 cm³/mol. The van der Waals surface area contributed by atoms with Crippen molar-refractivity contribution < 1.29 is 23.0 Å². The van der Waals surface area contributed by atoms with E-state index in [9.17, 15) is 13.6 Å². The Labute approximate surface area is 116 Å². The third kappa shape index (κ3) is 3.59. The van der Waals surface area contributed by atoms with E-state index in [-0.39, 0.29) is 11.9 Å². The van der Waals surface area contributed by atoms with E-state index in [1.807, 2.05) is 0 Å². The van der Waals surface area contributed by atoms with Gasteiger partial charge in [-0.2, -0.15) is 0 Å². The number of ether oxygens (including phenoxy) is 2. The molecule has 0 unspecified atom stereocenters. The molecule has 0 radical (unpaired) electrons. The van der Waals surface area contributed by atoms with Gasteiger partial charge in [-0.3, -0.25) is 0 Å². The fourth-order valence-corrected chi connectivity index (χ4v) is 1.73. The van der Waals surface area contributed by atoms with E-state index in [2.05, 4.69) is 0 Å². The first-order chi connectivity index (χ1) is 9.24. The molecule has 0 saturated carbocycles. The summed E-state index contributed by atoms with van der Waals surface area (Å²) in [4.78, 5) is 13.2. The summed E-state index contributed by atoms with van der Waals surface area (Å²) in [5.41, 5.74) is -0.539. The van der Waals surface area contributed by atoms with Gasteiger partial charge in [-0.15, -0.1) is 0 Å². The van der Waals surface area contributed by atoms with Gasteiger partial charge in [-0.05, 0) is 32.9 Å². The Kier molecular flexibility index (Phi) is 3.83. The van der Waals surface area contributed by atoms with Crippen LogP contribution >= 0.6 is 0 Å². The molecule has 0 aromatic heterocycles. The molecule has 1 aliphatic heterocycles. The molecule has 110 valence electrons. The van der Waals surface area contributed by atoms with Crippen LogP contribution in [-0.2, 0) is 4.74 Å². The third-order valence-corrected chi connectivity index (χ3v) is 2.69. The van der Waals surface area contributed by atoms with Gasteiger partial charge in [-0.1, -0.05) is 0 Å². The Morgan fingerprint density at radius 1 is 1.25 bits per heavy atom. The highest BCUT2D eigenvalue weighted by molar-refractivity contribution is 5.69. The molecule has 1 aliphatic rings. The Hall–Kier alpha value is -1.85. The van der Waals surface area contributed by atoms with E-state index in [1.54, 1.807) is 20.8 Å². The first-order valence-electron chi connectivity index (χ1n) is 6.34. The lowest BCUT2D eigenvalue weighted by atomic mass is 10.1. The van der Waals surface area contributed by atoms with Gasteiger partial charge in [-0.25, -0.2) is 13.6 Å². The topological polar surface area (TPSA) is 38.8 Å². The molecule has 0 spiro atoms. The van der Waals surface area contributed by atoms with Crippen LogP contribution in [0.25, 0.3) is 0 Å². The number of hydrogen-bond acceptors (Lipinski definition) is 3. The first kappa shape index (κ1) is 14.6. The second-order valence-corrected chi connectivity index (χ2v) is 5.70. The normalized spacial score (nSPS) is 15.8. The van der Waals surface area contributed by atoms with E-state index < -0.39 is 23.3 Å². The zero-order chi connectivity index (χ0) is 14.9. The average molecular weight is 285 g/mol. The highest BCUT2D eigenvalue weighted by Gasteiger charge is 2.35. The molecule has 1 aromatic carbocycles. The third-order valence-electron chi connectivity index (χ3n) is 2.69. The molecule has 2 rings (SSSR count). The lowest BCUT2D eigenvalue weighted by Gasteiger charge is -2.39. The van der Waals surface area contributed by atoms with E-state index >= 15 is 0 Å².